The van der Waals surface area contributed by atoms with Gasteiger partial charge in [-0.15, -0.1) is 0 Å². The number of carbonyl (C=O) groups is 3. The Bertz CT molecular complexity index is 479. The highest BCUT2D eigenvalue weighted by atomic mass is 16.5. The number of unbranched alkanes of at least 4 members (excludes halogenated alkanes) is 1. The Balaban J connectivity index is 1.79. The quantitative estimate of drug-likeness (QED) is 0.601. The van der Waals surface area contributed by atoms with E-state index < -0.39 is 17.9 Å². The van der Waals surface area contributed by atoms with Crippen molar-refractivity contribution in [3.05, 3.63) is 0 Å². The van der Waals surface area contributed by atoms with Crippen LogP contribution in [0.25, 0.3) is 0 Å². The third kappa shape index (κ3) is 5.97. The van der Waals surface area contributed by atoms with E-state index in [-0.39, 0.29) is 18.2 Å². The summed E-state index contributed by atoms with van der Waals surface area (Å²) in [6.45, 7) is 6.88. The molecule has 2 saturated heterocycles. The molecule has 2 heterocycles. The third-order valence-corrected chi connectivity index (χ3v) is 4.84. The van der Waals surface area contributed by atoms with Crippen LogP contribution in [0.15, 0.2) is 0 Å². The van der Waals surface area contributed by atoms with Crippen molar-refractivity contribution >= 4 is 17.8 Å². The van der Waals surface area contributed by atoms with Gasteiger partial charge in [-0.3, -0.25) is 14.5 Å². The molecule has 2 aliphatic heterocycles. The number of ether oxygens (including phenoxy) is 1. The van der Waals surface area contributed by atoms with Crippen molar-refractivity contribution < 1.29 is 24.2 Å². The summed E-state index contributed by atoms with van der Waals surface area (Å²) in [6, 6.07) is -0.870. The fourth-order valence-electron chi connectivity index (χ4n) is 3.21. The molecule has 8 heteroatoms. The molecule has 0 aromatic carbocycles. The van der Waals surface area contributed by atoms with Gasteiger partial charge in [-0.25, -0.2) is 4.79 Å². The molecule has 0 aliphatic carbocycles. The molecule has 0 aromatic heterocycles. The summed E-state index contributed by atoms with van der Waals surface area (Å²) in [6.07, 6.45) is 2.19. The van der Waals surface area contributed by atoms with Gasteiger partial charge in [-0.2, -0.15) is 0 Å². The maximum atomic E-state index is 12.3. The van der Waals surface area contributed by atoms with Crippen LogP contribution in [-0.2, 0) is 19.1 Å². The molecule has 2 N–H and O–H groups in total. The Kier molecular flexibility index (Phi) is 7.64. The summed E-state index contributed by atoms with van der Waals surface area (Å²) >= 11 is 0. The predicted octanol–water partition coefficient (Wildman–Crippen LogP) is -0.0733. The number of nitrogens with zero attached hydrogens (tertiary/aromatic N) is 2. The molecular weight excluding hydrogens is 326 g/mol. The lowest BCUT2D eigenvalue weighted by Crippen LogP contribution is -2.44. The van der Waals surface area contributed by atoms with Crippen LogP contribution in [0.1, 0.15) is 32.6 Å². The van der Waals surface area contributed by atoms with Crippen molar-refractivity contribution in [3.63, 3.8) is 0 Å². The van der Waals surface area contributed by atoms with Crippen molar-refractivity contribution in [2.24, 2.45) is 5.92 Å². The molecule has 0 bridgehead atoms. The van der Waals surface area contributed by atoms with Crippen molar-refractivity contribution in [2.45, 2.75) is 38.6 Å². The Morgan fingerprint density at radius 3 is 2.68 bits per heavy atom. The molecule has 2 aliphatic rings. The van der Waals surface area contributed by atoms with Crippen LogP contribution in [0.4, 0.5) is 0 Å². The lowest BCUT2D eigenvalue weighted by Gasteiger charge is -2.28. The molecular formula is C17H29N3O5. The summed E-state index contributed by atoms with van der Waals surface area (Å²) in [5, 5.41) is 11.8. The van der Waals surface area contributed by atoms with Gasteiger partial charge in [0.25, 0.3) is 0 Å². The first-order chi connectivity index (χ1) is 12.0. The number of amides is 2. The summed E-state index contributed by atoms with van der Waals surface area (Å²) in [4.78, 5) is 39.7. The molecule has 2 atom stereocenters. The average Bonchev–Trinajstić information content (AvgIpc) is 2.98. The normalized spacial score (nSPS) is 22.8. The Hall–Kier alpha value is -1.67. The highest BCUT2D eigenvalue weighted by Crippen LogP contribution is 2.18. The number of morpholine rings is 1. The summed E-state index contributed by atoms with van der Waals surface area (Å²) in [5.74, 6) is -1.84. The topological polar surface area (TPSA) is 99.2 Å². The van der Waals surface area contributed by atoms with Gasteiger partial charge in [0, 0.05) is 39.1 Å². The summed E-state index contributed by atoms with van der Waals surface area (Å²) in [7, 11) is 0. The van der Waals surface area contributed by atoms with E-state index >= 15 is 0 Å². The number of hydrogen-bond acceptors (Lipinski definition) is 5. The van der Waals surface area contributed by atoms with Crippen LogP contribution < -0.4 is 5.32 Å². The zero-order valence-corrected chi connectivity index (χ0v) is 14.9. The minimum Gasteiger partial charge on any atom is -0.480 e. The van der Waals surface area contributed by atoms with Crippen LogP contribution in [0.3, 0.4) is 0 Å². The monoisotopic (exact) mass is 355 g/mol. The minimum absolute atomic E-state index is 0.0335. The first-order valence-electron chi connectivity index (χ1n) is 9.12. The number of aliphatic carboxylic acids is 1. The lowest BCUT2D eigenvalue weighted by atomic mass is 10.1. The van der Waals surface area contributed by atoms with Gasteiger partial charge < -0.3 is 20.1 Å². The van der Waals surface area contributed by atoms with Crippen molar-refractivity contribution in [2.75, 3.05) is 45.9 Å². The minimum atomic E-state index is -1.02. The number of carboxylic acids is 1. The van der Waals surface area contributed by atoms with E-state index in [0.29, 0.717) is 32.7 Å². The molecule has 8 nitrogen and oxygen atoms in total. The number of hydrogen-bond donors (Lipinski definition) is 2. The third-order valence-electron chi connectivity index (χ3n) is 4.84. The number of rotatable bonds is 9. The van der Waals surface area contributed by atoms with E-state index in [2.05, 4.69) is 10.2 Å². The smallest absolute Gasteiger partial charge is 0.326 e. The van der Waals surface area contributed by atoms with Gasteiger partial charge in [0.2, 0.25) is 11.8 Å². The molecule has 2 amide bonds. The van der Waals surface area contributed by atoms with E-state index in [1.165, 1.54) is 0 Å². The molecule has 142 valence electrons. The largest absolute Gasteiger partial charge is 0.480 e. The molecule has 0 radical (unpaired) electrons. The van der Waals surface area contributed by atoms with Crippen LogP contribution in [0, 0.1) is 5.92 Å². The lowest BCUT2D eigenvalue weighted by molar-refractivity contribution is -0.142. The van der Waals surface area contributed by atoms with E-state index in [4.69, 9.17) is 4.74 Å². The van der Waals surface area contributed by atoms with Crippen LogP contribution in [0.2, 0.25) is 0 Å². The molecule has 0 aromatic rings. The van der Waals surface area contributed by atoms with Gasteiger partial charge >= 0.3 is 5.97 Å². The predicted molar refractivity (Wildman–Crippen MR) is 91.0 cm³/mol. The fourth-order valence-corrected chi connectivity index (χ4v) is 3.21. The Morgan fingerprint density at radius 2 is 2.04 bits per heavy atom. The van der Waals surface area contributed by atoms with Gasteiger partial charge in [0.05, 0.1) is 19.1 Å². The van der Waals surface area contributed by atoms with E-state index in [1.807, 2.05) is 6.92 Å². The zero-order chi connectivity index (χ0) is 18.2. The van der Waals surface area contributed by atoms with Crippen molar-refractivity contribution in [1.82, 2.24) is 15.1 Å². The summed E-state index contributed by atoms with van der Waals surface area (Å²) < 4.78 is 5.30. The number of likely N-dealkylation sites (tertiary alicyclic amines) is 1. The second kappa shape index (κ2) is 9.72. The SMILES string of the molecule is CCCC[C@H](NC(=O)C1CC(=O)N(CCN2CCOCC2)C1)C(=O)O. The van der Waals surface area contributed by atoms with E-state index in [9.17, 15) is 19.5 Å². The molecule has 25 heavy (non-hydrogen) atoms. The first kappa shape index (κ1) is 19.7. The number of nitrogens with one attached hydrogen (secondary N) is 1. The van der Waals surface area contributed by atoms with Crippen molar-refractivity contribution in [1.29, 1.82) is 0 Å². The molecule has 2 rings (SSSR count). The first-order valence-corrected chi connectivity index (χ1v) is 9.12. The zero-order valence-electron chi connectivity index (χ0n) is 14.9. The molecule has 1 unspecified atom stereocenters. The second-order valence-corrected chi connectivity index (χ2v) is 6.74. The van der Waals surface area contributed by atoms with E-state index in [0.717, 1.165) is 32.5 Å². The van der Waals surface area contributed by atoms with Crippen LogP contribution >= 0.6 is 0 Å². The standard InChI is InChI=1S/C17H29N3O5/c1-2-3-4-14(17(23)24)18-16(22)13-11-15(21)20(12-13)6-5-19-7-9-25-10-8-19/h13-14H,2-12H2,1H3,(H,18,22)(H,23,24)/t13?,14-/m0/s1. The fraction of sp³-hybridized carbons (Fsp3) is 0.824. The van der Waals surface area contributed by atoms with Gasteiger partial charge in [0.15, 0.2) is 0 Å². The average molecular weight is 355 g/mol. The van der Waals surface area contributed by atoms with Gasteiger partial charge in [-0.1, -0.05) is 19.8 Å². The molecule has 2 fully saturated rings. The number of carbonyl (C=O) groups excluding carboxylic acids is 2. The van der Waals surface area contributed by atoms with Gasteiger partial charge in [-0.05, 0) is 6.42 Å². The maximum Gasteiger partial charge on any atom is 0.326 e. The van der Waals surface area contributed by atoms with Crippen molar-refractivity contribution in [3.8, 4) is 0 Å². The van der Waals surface area contributed by atoms with Crippen LogP contribution in [0.5, 0.6) is 0 Å². The van der Waals surface area contributed by atoms with Gasteiger partial charge in [0.1, 0.15) is 6.04 Å². The Labute approximate surface area is 148 Å². The second-order valence-electron chi connectivity index (χ2n) is 6.74. The maximum absolute atomic E-state index is 12.3. The highest BCUT2D eigenvalue weighted by molar-refractivity contribution is 5.91. The highest BCUT2D eigenvalue weighted by Gasteiger charge is 2.35. The Morgan fingerprint density at radius 1 is 1.32 bits per heavy atom. The number of carboxylic acid groups (broad SMARTS) is 1. The molecule has 0 saturated carbocycles. The molecule has 0 spiro atoms. The summed E-state index contributed by atoms with van der Waals surface area (Å²) in [5.41, 5.74) is 0. The van der Waals surface area contributed by atoms with E-state index in [1.54, 1.807) is 4.90 Å². The van der Waals surface area contributed by atoms with Crippen LogP contribution in [-0.4, -0.2) is 84.7 Å².